The summed E-state index contributed by atoms with van der Waals surface area (Å²) in [5.74, 6) is -0.177. The second kappa shape index (κ2) is 4.69. The van der Waals surface area contributed by atoms with Gasteiger partial charge in [-0.2, -0.15) is 15.0 Å². The number of hydrogen-bond donors (Lipinski definition) is 0. The number of fused-ring (bicyclic) bond motifs is 3. The van der Waals surface area contributed by atoms with Crippen molar-refractivity contribution in [3.05, 3.63) is 52.9 Å². The summed E-state index contributed by atoms with van der Waals surface area (Å²) < 4.78 is 62.1. The van der Waals surface area contributed by atoms with Crippen LogP contribution in [0.5, 0.6) is 0 Å². The predicted octanol–water partition coefficient (Wildman–Crippen LogP) is 4.74. The molecule has 4 rings (SSSR count). The van der Waals surface area contributed by atoms with Crippen LogP contribution in [0.1, 0.15) is 9.60 Å². The van der Waals surface area contributed by atoms with E-state index in [9.17, 15) is 0 Å². The smallest absolute Gasteiger partial charge is 0.227 e. The lowest BCUT2D eigenvalue weighted by molar-refractivity contribution is 0.669. The topological polar surface area (TPSA) is 51.8 Å². The van der Waals surface area contributed by atoms with Gasteiger partial charge in [-0.05, 0) is 35.3 Å². The van der Waals surface area contributed by atoms with E-state index in [1.807, 2.05) is 0 Å². The molecule has 4 nitrogen and oxygen atoms in total. The molecule has 0 fully saturated rings. The van der Waals surface area contributed by atoms with Gasteiger partial charge in [0, 0.05) is 16.3 Å². The second-order valence-corrected chi connectivity index (χ2v) is 4.63. The first-order valence-corrected chi connectivity index (χ1v) is 6.38. The van der Waals surface area contributed by atoms with Crippen molar-refractivity contribution in [3.8, 4) is 11.4 Å². The third-order valence-corrected chi connectivity index (χ3v) is 3.09. The van der Waals surface area contributed by atoms with E-state index in [2.05, 4.69) is 15.0 Å². The lowest BCUT2D eigenvalue weighted by Gasteiger charge is -2.02. The Kier molecular flexibility index (Phi) is 1.61. The van der Waals surface area contributed by atoms with Crippen molar-refractivity contribution < 1.29 is 14.0 Å². The summed E-state index contributed by atoms with van der Waals surface area (Å²) in [6.07, 6.45) is 0. The van der Waals surface area contributed by atoms with Gasteiger partial charge in [0.2, 0.25) is 10.6 Å². The summed E-state index contributed by atoms with van der Waals surface area (Å²) in [7, 11) is 0. The summed E-state index contributed by atoms with van der Waals surface area (Å²) in [5, 5.41) is -0.575. The van der Waals surface area contributed by atoms with Crippen LogP contribution in [0.2, 0.25) is 10.6 Å². The maximum atomic E-state index is 8.30. The number of rotatable bonds is 1. The lowest BCUT2D eigenvalue weighted by atomic mass is 10.1. The minimum absolute atomic E-state index is 0.00586. The van der Waals surface area contributed by atoms with Gasteiger partial charge in [0.25, 0.3) is 0 Å². The summed E-state index contributed by atoms with van der Waals surface area (Å²) in [4.78, 5) is 11.5. The van der Waals surface area contributed by atoms with Crippen molar-refractivity contribution in [1.29, 1.82) is 0 Å². The lowest BCUT2D eigenvalue weighted by Crippen LogP contribution is -1.94. The highest BCUT2D eigenvalue weighted by Gasteiger charge is 2.14. The molecule has 21 heavy (non-hydrogen) atoms. The highest BCUT2D eigenvalue weighted by Crippen LogP contribution is 2.35. The first-order valence-electron chi connectivity index (χ1n) is 9.13. The molecule has 0 atom stereocenters. The van der Waals surface area contributed by atoms with Crippen LogP contribution in [-0.2, 0) is 0 Å². The highest BCUT2D eigenvalue weighted by molar-refractivity contribution is 6.31. The van der Waals surface area contributed by atoms with Crippen LogP contribution in [-0.4, -0.2) is 15.0 Å². The van der Waals surface area contributed by atoms with E-state index < -0.39 is 42.3 Å². The number of benzene rings is 2. The molecule has 0 spiro atoms. The molecule has 0 bridgehead atoms. The molecule has 0 radical (unpaired) electrons. The maximum Gasteiger partial charge on any atom is 0.227 e. The molecule has 0 N–H and O–H groups in total. The van der Waals surface area contributed by atoms with E-state index in [0.717, 1.165) is 0 Å². The fourth-order valence-corrected chi connectivity index (χ4v) is 2.33. The molecule has 0 saturated carbocycles. The van der Waals surface area contributed by atoms with Gasteiger partial charge in [-0.1, -0.05) is 30.2 Å². The Morgan fingerprint density at radius 2 is 1.57 bits per heavy atom. The summed E-state index contributed by atoms with van der Waals surface area (Å²) in [6.45, 7) is 0. The van der Waals surface area contributed by atoms with Crippen LogP contribution in [0.15, 0.2) is 46.7 Å². The highest BCUT2D eigenvalue weighted by atomic mass is 35.5. The zero-order chi connectivity index (χ0) is 20.5. The van der Waals surface area contributed by atoms with Gasteiger partial charge in [-0.15, -0.1) is 0 Å². The van der Waals surface area contributed by atoms with Gasteiger partial charge in [0.1, 0.15) is 11.2 Å². The van der Waals surface area contributed by atoms with Crippen molar-refractivity contribution in [3.63, 3.8) is 0 Å². The van der Waals surface area contributed by atoms with Gasteiger partial charge < -0.3 is 4.42 Å². The molecule has 2 heterocycles. The van der Waals surface area contributed by atoms with E-state index >= 15 is 0 Å². The quantitative estimate of drug-likeness (QED) is 0.507. The molecule has 2 aromatic heterocycles. The average molecular weight is 323 g/mol. The van der Waals surface area contributed by atoms with Crippen molar-refractivity contribution in [2.45, 2.75) is 0 Å². The second-order valence-electron chi connectivity index (χ2n) is 3.96. The van der Waals surface area contributed by atoms with Crippen LogP contribution in [0, 0.1) is 0 Å². The Labute approximate surface area is 139 Å². The van der Waals surface area contributed by atoms with Crippen LogP contribution >= 0.6 is 23.2 Å². The Morgan fingerprint density at radius 3 is 2.38 bits per heavy atom. The van der Waals surface area contributed by atoms with Crippen molar-refractivity contribution in [2.75, 3.05) is 0 Å². The van der Waals surface area contributed by atoms with E-state index in [1.54, 1.807) is 0 Å². The van der Waals surface area contributed by atoms with Gasteiger partial charge in [-0.3, -0.25) is 0 Å². The van der Waals surface area contributed by atoms with Crippen LogP contribution in [0.4, 0.5) is 0 Å². The van der Waals surface area contributed by atoms with Crippen molar-refractivity contribution >= 4 is 45.1 Å². The van der Waals surface area contributed by atoms with Crippen LogP contribution < -0.4 is 0 Å². The normalized spacial score (nSPS) is 16.0. The third kappa shape index (κ3) is 2.04. The SMILES string of the molecule is [2H]c1c([2H])c([2H])c2c(oc3c([2H])c([2H])c([2H])c(-c4nc(Cl)nc(Cl)n4)c32)c1[2H]. The van der Waals surface area contributed by atoms with Crippen LogP contribution in [0.3, 0.4) is 0 Å². The molecule has 4 aromatic rings. The van der Waals surface area contributed by atoms with E-state index in [0.29, 0.717) is 0 Å². The van der Waals surface area contributed by atoms with Crippen molar-refractivity contribution in [1.82, 2.24) is 15.0 Å². The zero-order valence-electron chi connectivity index (χ0n) is 17.0. The Hall–Kier alpha value is -2.17. The summed E-state index contributed by atoms with van der Waals surface area (Å²) >= 11 is 11.7. The molecule has 2 aromatic carbocycles. The van der Waals surface area contributed by atoms with Gasteiger partial charge in [0.15, 0.2) is 5.82 Å². The monoisotopic (exact) mass is 322 g/mol. The Balaban J connectivity index is 2.34. The minimum atomic E-state index is -0.508. The molecule has 0 saturated heterocycles. The molecule has 0 aliphatic rings. The summed E-state index contributed by atoms with van der Waals surface area (Å²) in [5.41, 5.74) is -0.483. The third-order valence-electron chi connectivity index (χ3n) is 2.75. The van der Waals surface area contributed by atoms with Gasteiger partial charge in [0.05, 0.1) is 9.60 Å². The molecular weight excluding hydrogens is 309 g/mol. The molecule has 0 unspecified atom stereocenters. The summed E-state index contributed by atoms with van der Waals surface area (Å²) in [6, 6.07) is -3.25. The zero-order valence-corrected chi connectivity index (χ0v) is 11.5. The van der Waals surface area contributed by atoms with E-state index in [4.69, 9.17) is 37.2 Å². The number of furan rings is 1. The van der Waals surface area contributed by atoms with E-state index in [-0.39, 0.29) is 43.9 Å². The molecular formula is C15H7Cl2N3O. The largest absolute Gasteiger partial charge is 0.456 e. The molecule has 6 heteroatoms. The number of para-hydroxylation sites is 1. The Bertz CT molecular complexity index is 1310. The maximum absolute atomic E-state index is 8.30. The van der Waals surface area contributed by atoms with Crippen molar-refractivity contribution in [2.24, 2.45) is 0 Å². The first kappa shape index (κ1) is 7.20. The van der Waals surface area contributed by atoms with Crippen LogP contribution in [0.25, 0.3) is 33.3 Å². The number of halogens is 2. The molecule has 102 valence electrons. The molecule has 0 amide bonds. The predicted molar refractivity (Wildman–Crippen MR) is 82.6 cm³/mol. The first-order chi connectivity index (χ1) is 13.1. The number of nitrogens with zero attached hydrogens (tertiary/aromatic N) is 3. The number of hydrogen-bond acceptors (Lipinski definition) is 4. The van der Waals surface area contributed by atoms with Gasteiger partial charge in [-0.25, -0.2) is 0 Å². The molecule has 0 aliphatic heterocycles. The van der Waals surface area contributed by atoms with Gasteiger partial charge >= 0.3 is 0 Å². The fourth-order valence-electron chi connectivity index (χ4n) is 1.97. The Morgan fingerprint density at radius 1 is 0.857 bits per heavy atom. The standard InChI is InChI=1S/C15H7Cl2N3O/c16-14-18-13(19-15(17)20-14)9-5-3-7-11-12(9)8-4-1-2-6-10(8)21-11/h1-7H/i1D,2D,3D,4D,5D,6D,7D. The minimum Gasteiger partial charge on any atom is -0.456 e. The fraction of sp³-hybridized carbons (Fsp3) is 0. The number of aromatic nitrogens is 3. The average Bonchev–Trinajstić information content (AvgIpc) is 3.02. The molecule has 0 aliphatic carbocycles. The van der Waals surface area contributed by atoms with E-state index in [1.165, 1.54) is 0 Å².